The van der Waals surface area contributed by atoms with E-state index in [0.29, 0.717) is 12.4 Å². The molecule has 0 aromatic carbocycles. The van der Waals surface area contributed by atoms with Gasteiger partial charge in [0, 0.05) is 31.4 Å². The summed E-state index contributed by atoms with van der Waals surface area (Å²) >= 11 is 1.61. The molecule has 0 aliphatic carbocycles. The number of nitrogens with one attached hydrogen (secondary N) is 2. The SMILES string of the molecule is CCNC(=NCc1coc(-c2cccs2)n1)NCCc1ccccn1.I. The van der Waals surface area contributed by atoms with Gasteiger partial charge in [0.25, 0.3) is 0 Å². The monoisotopic (exact) mass is 483 g/mol. The number of aliphatic imine (C=N–C) groups is 1. The molecule has 0 unspecified atom stereocenters. The summed E-state index contributed by atoms with van der Waals surface area (Å²) in [6.45, 7) is 4.07. The van der Waals surface area contributed by atoms with Crippen molar-refractivity contribution in [3.05, 3.63) is 59.6 Å². The van der Waals surface area contributed by atoms with Crippen molar-refractivity contribution in [2.45, 2.75) is 19.9 Å². The summed E-state index contributed by atoms with van der Waals surface area (Å²) < 4.78 is 5.52. The third kappa shape index (κ3) is 6.10. The fourth-order valence-electron chi connectivity index (χ4n) is 2.25. The maximum Gasteiger partial charge on any atom is 0.236 e. The maximum atomic E-state index is 5.52. The molecular weight excluding hydrogens is 461 g/mol. The zero-order valence-corrected chi connectivity index (χ0v) is 17.7. The molecule has 0 radical (unpaired) electrons. The third-order valence-electron chi connectivity index (χ3n) is 3.43. The van der Waals surface area contributed by atoms with Crippen molar-refractivity contribution in [2.24, 2.45) is 4.99 Å². The molecule has 0 aliphatic rings. The lowest BCUT2D eigenvalue weighted by molar-refractivity contribution is 0.574. The van der Waals surface area contributed by atoms with Gasteiger partial charge in [-0.3, -0.25) is 4.98 Å². The molecule has 3 aromatic heterocycles. The fraction of sp³-hybridized carbons (Fsp3) is 0.278. The van der Waals surface area contributed by atoms with Crippen LogP contribution in [0.15, 0.2) is 57.6 Å². The molecule has 6 nitrogen and oxygen atoms in total. The molecule has 138 valence electrons. The van der Waals surface area contributed by atoms with Gasteiger partial charge in [0.15, 0.2) is 5.96 Å². The molecule has 0 spiro atoms. The maximum absolute atomic E-state index is 5.52. The number of guanidine groups is 1. The van der Waals surface area contributed by atoms with Crippen molar-refractivity contribution in [3.8, 4) is 10.8 Å². The molecule has 26 heavy (non-hydrogen) atoms. The van der Waals surface area contributed by atoms with Crippen LogP contribution in [-0.4, -0.2) is 29.0 Å². The van der Waals surface area contributed by atoms with Crippen LogP contribution in [0.5, 0.6) is 0 Å². The van der Waals surface area contributed by atoms with Crippen LogP contribution in [0.4, 0.5) is 0 Å². The molecule has 2 N–H and O–H groups in total. The van der Waals surface area contributed by atoms with E-state index < -0.39 is 0 Å². The summed E-state index contributed by atoms with van der Waals surface area (Å²) in [5, 5.41) is 8.56. The van der Waals surface area contributed by atoms with Crippen LogP contribution in [0.1, 0.15) is 18.3 Å². The average Bonchev–Trinajstić information content (AvgIpc) is 3.32. The first-order valence-electron chi connectivity index (χ1n) is 8.25. The molecule has 3 aromatic rings. The summed E-state index contributed by atoms with van der Waals surface area (Å²) in [6.07, 6.45) is 4.32. The van der Waals surface area contributed by atoms with Crippen LogP contribution in [0, 0.1) is 0 Å². The number of pyridine rings is 1. The van der Waals surface area contributed by atoms with E-state index in [-0.39, 0.29) is 24.0 Å². The Kier molecular flexibility index (Phi) is 8.56. The van der Waals surface area contributed by atoms with Crippen molar-refractivity contribution in [1.82, 2.24) is 20.6 Å². The highest BCUT2D eigenvalue weighted by Crippen LogP contribution is 2.23. The van der Waals surface area contributed by atoms with Crippen molar-refractivity contribution >= 4 is 41.3 Å². The predicted octanol–water partition coefficient (Wildman–Crippen LogP) is 3.71. The Morgan fingerprint density at radius 3 is 2.85 bits per heavy atom. The van der Waals surface area contributed by atoms with Gasteiger partial charge in [0.1, 0.15) is 12.0 Å². The van der Waals surface area contributed by atoms with Gasteiger partial charge in [-0.05, 0) is 30.5 Å². The van der Waals surface area contributed by atoms with Gasteiger partial charge in [-0.1, -0.05) is 12.1 Å². The Morgan fingerprint density at radius 1 is 1.19 bits per heavy atom. The Bertz CT molecular complexity index is 789. The molecule has 0 fully saturated rings. The van der Waals surface area contributed by atoms with Gasteiger partial charge in [-0.2, -0.15) is 0 Å². The molecule has 3 rings (SSSR count). The molecule has 0 atom stereocenters. The van der Waals surface area contributed by atoms with Gasteiger partial charge in [-0.25, -0.2) is 9.98 Å². The van der Waals surface area contributed by atoms with E-state index >= 15 is 0 Å². The van der Waals surface area contributed by atoms with E-state index in [0.717, 1.165) is 41.7 Å². The van der Waals surface area contributed by atoms with E-state index in [1.165, 1.54) is 0 Å². The van der Waals surface area contributed by atoms with Gasteiger partial charge < -0.3 is 15.1 Å². The Morgan fingerprint density at radius 2 is 2.12 bits per heavy atom. The van der Waals surface area contributed by atoms with Crippen LogP contribution in [0.2, 0.25) is 0 Å². The Hall–Kier alpha value is -1.94. The molecular formula is C18H22IN5OS. The number of hydrogen-bond acceptors (Lipinski definition) is 5. The normalized spacial score (nSPS) is 11.0. The molecule has 0 saturated heterocycles. The second kappa shape index (κ2) is 10.9. The number of nitrogens with zero attached hydrogens (tertiary/aromatic N) is 3. The first kappa shape index (κ1) is 20.4. The quantitative estimate of drug-likeness (QED) is 0.305. The number of hydrogen-bond donors (Lipinski definition) is 2. The van der Waals surface area contributed by atoms with Crippen LogP contribution in [-0.2, 0) is 13.0 Å². The molecule has 8 heteroatoms. The van der Waals surface area contributed by atoms with Crippen LogP contribution in [0.25, 0.3) is 10.8 Å². The van der Waals surface area contributed by atoms with Crippen LogP contribution >= 0.6 is 35.3 Å². The van der Waals surface area contributed by atoms with Crippen LogP contribution < -0.4 is 10.6 Å². The lowest BCUT2D eigenvalue weighted by Crippen LogP contribution is -2.38. The highest BCUT2D eigenvalue weighted by Gasteiger charge is 2.07. The molecule has 0 aliphatic heterocycles. The van der Waals surface area contributed by atoms with Crippen molar-refractivity contribution in [3.63, 3.8) is 0 Å². The van der Waals surface area contributed by atoms with Gasteiger partial charge >= 0.3 is 0 Å². The minimum atomic E-state index is 0. The number of rotatable bonds is 7. The number of thiophene rings is 1. The minimum Gasteiger partial charge on any atom is -0.443 e. The largest absolute Gasteiger partial charge is 0.443 e. The highest BCUT2D eigenvalue weighted by atomic mass is 127. The lowest BCUT2D eigenvalue weighted by atomic mass is 10.3. The summed E-state index contributed by atoms with van der Waals surface area (Å²) in [5.41, 5.74) is 1.87. The van der Waals surface area contributed by atoms with Gasteiger partial charge in [-0.15, -0.1) is 35.3 Å². The first-order valence-corrected chi connectivity index (χ1v) is 9.13. The minimum absolute atomic E-state index is 0. The standard InChI is InChI=1S/C18H21N5OS.HI/c1-2-19-18(21-10-8-14-6-3-4-9-20-14)22-12-15-13-24-17(23-15)16-7-5-11-25-16;/h3-7,9,11,13H,2,8,10,12H2,1H3,(H2,19,21,22);1H. The van der Waals surface area contributed by atoms with E-state index in [1.54, 1.807) is 17.6 Å². The molecule has 0 saturated carbocycles. The fourth-order valence-corrected chi connectivity index (χ4v) is 2.91. The van der Waals surface area contributed by atoms with Crippen molar-refractivity contribution in [2.75, 3.05) is 13.1 Å². The Balaban J connectivity index is 0.00000243. The van der Waals surface area contributed by atoms with E-state index in [2.05, 4.69) is 25.6 Å². The van der Waals surface area contributed by atoms with E-state index in [4.69, 9.17) is 4.42 Å². The lowest BCUT2D eigenvalue weighted by Gasteiger charge is -2.10. The first-order chi connectivity index (χ1) is 12.3. The zero-order chi connectivity index (χ0) is 17.3. The third-order valence-corrected chi connectivity index (χ3v) is 4.28. The molecule has 0 bridgehead atoms. The zero-order valence-electron chi connectivity index (χ0n) is 14.5. The summed E-state index contributed by atoms with van der Waals surface area (Å²) in [6, 6.07) is 9.92. The van der Waals surface area contributed by atoms with Crippen molar-refractivity contribution in [1.29, 1.82) is 0 Å². The molecule has 0 amide bonds. The average molecular weight is 483 g/mol. The predicted molar refractivity (Wildman–Crippen MR) is 116 cm³/mol. The number of aromatic nitrogens is 2. The smallest absolute Gasteiger partial charge is 0.236 e. The highest BCUT2D eigenvalue weighted by molar-refractivity contribution is 14.0. The van der Waals surface area contributed by atoms with E-state index in [1.807, 2.05) is 48.8 Å². The molecule has 3 heterocycles. The summed E-state index contributed by atoms with van der Waals surface area (Å²) in [5.74, 6) is 1.41. The summed E-state index contributed by atoms with van der Waals surface area (Å²) in [4.78, 5) is 14.4. The number of oxazole rings is 1. The van der Waals surface area contributed by atoms with Gasteiger partial charge in [0.2, 0.25) is 5.89 Å². The van der Waals surface area contributed by atoms with Crippen LogP contribution in [0.3, 0.4) is 0 Å². The topological polar surface area (TPSA) is 75.3 Å². The second-order valence-electron chi connectivity index (χ2n) is 5.31. The van der Waals surface area contributed by atoms with Gasteiger partial charge in [0.05, 0.1) is 11.4 Å². The number of halogens is 1. The van der Waals surface area contributed by atoms with Crippen molar-refractivity contribution < 1.29 is 4.42 Å². The summed E-state index contributed by atoms with van der Waals surface area (Å²) in [7, 11) is 0. The Labute approximate surface area is 174 Å². The van der Waals surface area contributed by atoms with E-state index in [9.17, 15) is 0 Å². The second-order valence-corrected chi connectivity index (χ2v) is 6.26.